The monoisotopic (exact) mass is 390 g/mol. The van der Waals surface area contributed by atoms with E-state index in [2.05, 4.69) is 20.8 Å². The van der Waals surface area contributed by atoms with Crippen LogP contribution in [0.3, 0.4) is 0 Å². The molecule has 7 nitrogen and oxygen atoms in total. The van der Waals surface area contributed by atoms with Gasteiger partial charge in [-0.1, -0.05) is 0 Å². The molecule has 1 N–H and O–H groups in total. The minimum absolute atomic E-state index is 0.179. The van der Waals surface area contributed by atoms with Crippen molar-refractivity contribution < 1.29 is 13.6 Å². The molecule has 1 aromatic carbocycles. The molecule has 4 rings (SSSR count). The number of rotatable bonds is 5. The van der Waals surface area contributed by atoms with Crippen LogP contribution in [0.1, 0.15) is 16.1 Å². The van der Waals surface area contributed by atoms with Crippen LogP contribution in [0.2, 0.25) is 0 Å². The van der Waals surface area contributed by atoms with E-state index in [0.29, 0.717) is 29.3 Å². The molecular weight excluding hydrogens is 374 g/mol. The van der Waals surface area contributed by atoms with Gasteiger partial charge in [0, 0.05) is 31.4 Å². The van der Waals surface area contributed by atoms with Gasteiger partial charge < -0.3 is 10.2 Å². The molecule has 3 aromatic rings. The average Bonchev–Trinajstić information content (AvgIpc) is 3.41. The second-order valence-electron chi connectivity index (χ2n) is 6.30. The zero-order chi connectivity index (χ0) is 18.8. The van der Waals surface area contributed by atoms with E-state index >= 15 is 0 Å². The number of nitrogens with one attached hydrogen (secondary N) is 1. The van der Waals surface area contributed by atoms with E-state index in [9.17, 15) is 13.6 Å². The number of aromatic nitrogens is 4. The summed E-state index contributed by atoms with van der Waals surface area (Å²) in [5.41, 5.74) is 1.29. The van der Waals surface area contributed by atoms with Crippen LogP contribution in [-0.4, -0.2) is 45.7 Å². The zero-order valence-electron chi connectivity index (χ0n) is 14.2. The predicted octanol–water partition coefficient (Wildman–Crippen LogP) is 2.26. The van der Waals surface area contributed by atoms with Crippen molar-refractivity contribution in [1.29, 1.82) is 0 Å². The third-order valence-electron chi connectivity index (χ3n) is 4.55. The fraction of sp³-hybridized carbons (Fsp3) is 0.294. The number of nitrogens with zero attached hydrogens (tertiary/aromatic N) is 5. The summed E-state index contributed by atoms with van der Waals surface area (Å²) in [6.07, 6.45) is 2.30. The Labute approximate surface area is 157 Å². The van der Waals surface area contributed by atoms with Crippen LogP contribution in [0.4, 0.5) is 14.5 Å². The molecular formula is C17H16F2N6OS. The highest BCUT2D eigenvalue weighted by molar-refractivity contribution is 7.12. The lowest BCUT2D eigenvalue weighted by Crippen LogP contribution is -2.31. The normalized spacial score (nSPS) is 16.7. The summed E-state index contributed by atoms with van der Waals surface area (Å²) in [5.74, 6) is -1.64. The van der Waals surface area contributed by atoms with E-state index in [-0.39, 0.29) is 11.8 Å². The Hall–Kier alpha value is -2.88. The summed E-state index contributed by atoms with van der Waals surface area (Å²) in [6.45, 7) is 1.92. The van der Waals surface area contributed by atoms with E-state index in [1.54, 1.807) is 12.1 Å². The lowest BCUT2D eigenvalue weighted by molar-refractivity contribution is 0.0952. The number of hydrogen-bond donors (Lipinski definition) is 1. The van der Waals surface area contributed by atoms with Gasteiger partial charge in [-0.3, -0.25) is 4.79 Å². The van der Waals surface area contributed by atoms with E-state index < -0.39 is 11.6 Å². The summed E-state index contributed by atoms with van der Waals surface area (Å²) in [6, 6.07) is 5.71. The molecule has 1 fully saturated rings. The molecule has 0 aliphatic carbocycles. The lowest BCUT2D eigenvalue weighted by atomic mass is 10.1. The molecule has 140 valence electrons. The molecule has 1 amide bonds. The van der Waals surface area contributed by atoms with E-state index in [1.807, 2.05) is 10.3 Å². The molecule has 0 spiro atoms. The van der Waals surface area contributed by atoms with Gasteiger partial charge in [0.25, 0.3) is 5.91 Å². The molecule has 10 heteroatoms. The fourth-order valence-corrected chi connectivity index (χ4v) is 3.95. The van der Waals surface area contributed by atoms with Crippen LogP contribution < -0.4 is 10.2 Å². The number of hydrogen-bond acceptors (Lipinski definition) is 6. The number of benzene rings is 1. The first-order chi connectivity index (χ1) is 13.1. The van der Waals surface area contributed by atoms with Crippen LogP contribution in [-0.2, 0) is 0 Å². The smallest absolute Gasteiger partial charge is 0.263 e. The van der Waals surface area contributed by atoms with Gasteiger partial charge in [0.1, 0.15) is 11.2 Å². The Morgan fingerprint density at radius 2 is 2.19 bits per heavy atom. The van der Waals surface area contributed by atoms with Gasteiger partial charge in [-0.2, -0.15) is 4.68 Å². The van der Waals surface area contributed by atoms with Gasteiger partial charge in [0.15, 0.2) is 11.6 Å². The van der Waals surface area contributed by atoms with E-state index in [1.165, 1.54) is 28.4 Å². The third-order valence-corrected chi connectivity index (χ3v) is 5.45. The molecule has 3 heterocycles. The van der Waals surface area contributed by atoms with Crippen molar-refractivity contribution in [2.24, 2.45) is 5.92 Å². The average molecular weight is 390 g/mol. The first-order valence-corrected chi connectivity index (χ1v) is 9.29. The Morgan fingerprint density at radius 1 is 1.30 bits per heavy atom. The number of amides is 1. The lowest BCUT2D eigenvalue weighted by Gasteiger charge is -2.19. The van der Waals surface area contributed by atoms with Gasteiger partial charge in [-0.15, -0.1) is 16.4 Å². The number of halogens is 2. The van der Waals surface area contributed by atoms with Crippen molar-refractivity contribution in [3.63, 3.8) is 0 Å². The minimum Gasteiger partial charge on any atom is -0.371 e. The summed E-state index contributed by atoms with van der Waals surface area (Å²) < 4.78 is 28.0. The highest BCUT2D eigenvalue weighted by atomic mass is 32.1. The van der Waals surface area contributed by atoms with Crippen molar-refractivity contribution >= 4 is 22.9 Å². The summed E-state index contributed by atoms with van der Waals surface area (Å²) >= 11 is 1.32. The number of carbonyl (C=O) groups is 1. The van der Waals surface area contributed by atoms with Gasteiger partial charge in [0.05, 0.1) is 5.69 Å². The van der Waals surface area contributed by atoms with Crippen molar-refractivity contribution in [2.75, 3.05) is 24.5 Å². The predicted molar refractivity (Wildman–Crippen MR) is 96.0 cm³/mol. The molecule has 1 aliphatic rings. The van der Waals surface area contributed by atoms with Crippen molar-refractivity contribution in [3.8, 4) is 5.69 Å². The van der Waals surface area contributed by atoms with Crippen molar-refractivity contribution in [2.45, 2.75) is 6.42 Å². The highest BCUT2D eigenvalue weighted by Gasteiger charge is 2.24. The van der Waals surface area contributed by atoms with Crippen LogP contribution in [0, 0.1) is 17.6 Å². The topological polar surface area (TPSA) is 75.9 Å². The maximum Gasteiger partial charge on any atom is 0.263 e. The van der Waals surface area contributed by atoms with Crippen LogP contribution in [0.15, 0.2) is 36.0 Å². The number of thiophene rings is 1. The largest absolute Gasteiger partial charge is 0.371 e. The quantitative estimate of drug-likeness (QED) is 0.723. The molecule has 0 radical (unpaired) electrons. The van der Waals surface area contributed by atoms with Gasteiger partial charge >= 0.3 is 0 Å². The number of anilines is 1. The molecule has 1 unspecified atom stereocenters. The first-order valence-electron chi connectivity index (χ1n) is 8.41. The fourth-order valence-electron chi connectivity index (χ4n) is 3.16. The second kappa shape index (κ2) is 7.39. The standard InChI is InChI=1S/C17H16F2N6OS/c18-13-2-1-12(7-14(13)19)24-5-3-11(9-24)8-20-17(26)16-15(4-6-27-16)25-10-21-22-23-25/h1-2,4,6-7,10-11H,3,5,8-9H2,(H,20,26). The maximum atomic E-state index is 13.4. The van der Waals surface area contributed by atoms with Crippen molar-refractivity contribution in [3.05, 3.63) is 52.5 Å². The number of tetrazole rings is 1. The Balaban J connectivity index is 1.35. The number of carbonyl (C=O) groups excluding carboxylic acids is 1. The molecule has 0 saturated carbocycles. The molecule has 1 atom stereocenters. The Bertz CT molecular complexity index is 945. The van der Waals surface area contributed by atoms with Crippen molar-refractivity contribution in [1.82, 2.24) is 25.5 Å². The molecule has 27 heavy (non-hydrogen) atoms. The van der Waals surface area contributed by atoms with E-state index in [0.717, 1.165) is 19.0 Å². The van der Waals surface area contributed by atoms with Gasteiger partial charge in [-0.05, 0) is 46.3 Å². The SMILES string of the molecule is O=C(NCC1CCN(c2ccc(F)c(F)c2)C1)c1sccc1-n1cnnn1. The summed E-state index contributed by atoms with van der Waals surface area (Å²) in [4.78, 5) is 15.1. The summed E-state index contributed by atoms with van der Waals surface area (Å²) in [5, 5.41) is 15.7. The Kier molecular flexibility index (Phi) is 4.80. The Morgan fingerprint density at radius 3 is 2.96 bits per heavy atom. The van der Waals surface area contributed by atoms with Gasteiger partial charge in [-0.25, -0.2) is 8.78 Å². The van der Waals surface area contributed by atoms with Crippen LogP contribution in [0.5, 0.6) is 0 Å². The molecule has 2 aromatic heterocycles. The highest BCUT2D eigenvalue weighted by Crippen LogP contribution is 2.25. The second-order valence-corrected chi connectivity index (χ2v) is 7.21. The maximum absolute atomic E-state index is 13.4. The minimum atomic E-state index is -0.851. The van der Waals surface area contributed by atoms with Crippen LogP contribution >= 0.6 is 11.3 Å². The summed E-state index contributed by atoms with van der Waals surface area (Å²) in [7, 11) is 0. The van der Waals surface area contributed by atoms with E-state index in [4.69, 9.17) is 0 Å². The third kappa shape index (κ3) is 3.65. The molecule has 0 bridgehead atoms. The zero-order valence-corrected chi connectivity index (χ0v) is 15.0. The molecule has 1 saturated heterocycles. The van der Waals surface area contributed by atoms with Gasteiger partial charge in [0.2, 0.25) is 0 Å². The molecule has 1 aliphatic heterocycles. The first kappa shape index (κ1) is 17.5. The van der Waals surface area contributed by atoms with Crippen LogP contribution in [0.25, 0.3) is 5.69 Å².